The van der Waals surface area contributed by atoms with Crippen LogP contribution in [0, 0.1) is 0 Å². The van der Waals surface area contributed by atoms with Gasteiger partial charge in [-0.15, -0.1) is 10.2 Å². The smallest absolute Gasteiger partial charge is 0.295 e. The van der Waals surface area contributed by atoms with Crippen molar-refractivity contribution in [1.29, 1.82) is 0 Å². The summed E-state index contributed by atoms with van der Waals surface area (Å²) in [5.41, 5.74) is 0.265. The standard InChI is InChI=1S/C16H11N3O5S/c20-9-10-4-1-2-6-12(10)18-19-13-8-14(25(22,23)24)11-5-3-7-17-15(11)16(13)21/h1-9,21H,(H,22,23,24). The van der Waals surface area contributed by atoms with E-state index < -0.39 is 20.8 Å². The second-order valence-corrected chi connectivity index (χ2v) is 6.38. The third kappa shape index (κ3) is 3.23. The number of rotatable bonds is 4. The highest BCUT2D eigenvalue weighted by Gasteiger charge is 2.20. The van der Waals surface area contributed by atoms with Crippen LogP contribution < -0.4 is 0 Å². The van der Waals surface area contributed by atoms with E-state index in [9.17, 15) is 22.9 Å². The van der Waals surface area contributed by atoms with E-state index in [4.69, 9.17) is 0 Å². The second-order valence-electron chi connectivity index (χ2n) is 4.99. The minimum atomic E-state index is -4.57. The van der Waals surface area contributed by atoms with Crippen molar-refractivity contribution >= 4 is 38.7 Å². The molecule has 0 unspecified atom stereocenters. The molecule has 25 heavy (non-hydrogen) atoms. The maximum atomic E-state index is 11.6. The maximum Gasteiger partial charge on any atom is 0.295 e. The Kier molecular flexibility index (Phi) is 4.26. The highest BCUT2D eigenvalue weighted by Crippen LogP contribution is 2.38. The summed E-state index contributed by atoms with van der Waals surface area (Å²) < 4.78 is 32.6. The lowest BCUT2D eigenvalue weighted by atomic mass is 10.2. The summed E-state index contributed by atoms with van der Waals surface area (Å²) in [7, 11) is -4.57. The predicted octanol–water partition coefficient (Wildman–Crippen LogP) is 3.42. The van der Waals surface area contributed by atoms with E-state index in [1.807, 2.05) is 0 Å². The van der Waals surface area contributed by atoms with Crippen LogP contribution in [0.1, 0.15) is 10.4 Å². The summed E-state index contributed by atoms with van der Waals surface area (Å²) in [5.74, 6) is -0.393. The van der Waals surface area contributed by atoms with Crippen molar-refractivity contribution in [3.05, 3.63) is 54.2 Å². The van der Waals surface area contributed by atoms with Crippen LogP contribution in [0.5, 0.6) is 5.75 Å². The molecule has 3 aromatic rings. The summed E-state index contributed by atoms with van der Waals surface area (Å²) in [6.45, 7) is 0. The van der Waals surface area contributed by atoms with Crippen molar-refractivity contribution in [2.75, 3.05) is 0 Å². The van der Waals surface area contributed by atoms with Gasteiger partial charge in [-0.3, -0.25) is 14.3 Å². The molecule has 0 fully saturated rings. The molecule has 8 nitrogen and oxygen atoms in total. The lowest BCUT2D eigenvalue weighted by molar-refractivity contribution is 0.112. The van der Waals surface area contributed by atoms with Crippen molar-refractivity contribution in [2.24, 2.45) is 10.2 Å². The van der Waals surface area contributed by atoms with Gasteiger partial charge in [-0.1, -0.05) is 12.1 Å². The van der Waals surface area contributed by atoms with Crippen LogP contribution in [0.3, 0.4) is 0 Å². The molecule has 2 N–H and O–H groups in total. The van der Waals surface area contributed by atoms with Gasteiger partial charge in [-0.25, -0.2) is 0 Å². The maximum absolute atomic E-state index is 11.6. The average molecular weight is 357 g/mol. The zero-order valence-corrected chi connectivity index (χ0v) is 13.4. The molecule has 2 aromatic carbocycles. The van der Waals surface area contributed by atoms with Crippen molar-refractivity contribution < 1.29 is 22.9 Å². The predicted molar refractivity (Wildman–Crippen MR) is 89.2 cm³/mol. The van der Waals surface area contributed by atoms with Crippen molar-refractivity contribution in [3.8, 4) is 5.75 Å². The Labute approximate surface area is 142 Å². The zero-order chi connectivity index (χ0) is 18.0. The quantitative estimate of drug-likeness (QED) is 0.418. The minimum absolute atomic E-state index is 0.0461. The molecule has 1 aromatic heterocycles. The van der Waals surface area contributed by atoms with Gasteiger partial charge in [0.15, 0.2) is 12.0 Å². The van der Waals surface area contributed by atoms with Crippen LogP contribution in [-0.4, -0.2) is 29.3 Å². The third-order valence-corrected chi connectivity index (χ3v) is 4.31. The van der Waals surface area contributed by atoms with Crippen LogP contribution in [-0.2, 0) is 10.1 Å². The third-order valence-electron chi connectivity index (χ3n) is 3.42. The van der Waals surface area contributed by atoms with E-state index in [-0.39, 0.29) is 27.8 Å². The van der Waals surface area contributed by atoms with Crippen molar-refractivity contribution in [2.45, 2.75) is 4.90 Å². The lowest BCUT2D eigenvalue weighted by Gasteiger charge is -2.07. The van der Waals surface area contributed by atoms with E-state index in [0.717, 1.165) is 6.07 Å². The molecule has 0 aliphatic heterocycles. The summed E-state index contributed by atoms with van der Waals surface area (Å²) in [5, 5.41) is 18.0. The number of fused-ring (bicyclic) bond motifs is 1. The fourth-order valence-corrected chi connectivity index (χ4v) is 2.96. The van der Waals surface area contributed by atoms with E-state index in [2.05, 4.69) is 15.2 Å². The van der Waals surface area contributed by atoms with Gasteiger partial charge in [0, 0.05) is 17.1 Å². The molecule has 3 rings (SSSR count). The molecule has 9 heteroatoms. The minimum Gasteiger partial charge on any atom is -0.504 e. The number of aromatic hydroxyl groups is 1. The van der Waals surface area contributed by atoms with E-state index in [0.29, 0.717) is 6.29 Å². The summed E-state index contributed by atoms with van der Waals surface area (Å²) >= 11 is 0. The summed E-state index contributed by atoms with van der Waals surface area (Å²) in [6, 6.07) is 10.2. The van der Waals surface area contributed by atoms with Crippen LogP contribution >= 0.6 is 0 Å². The number of aromatic nitrogens is 1. The number of hydrogen-bond donors (Lipinski definition) is 2. The second kappa shape index (κ2) is 6.38. The van der Waals surface area contributed by atoms with Gasteiger partial charge in [-0.05, 0) is 30.3 Å². The molecular weight excluding hydrogens is 346 g/mol. The number of phenols is 1. The summed E-state index contributed by atoms with van der Waals surface area (Å²) in [6.07, 6.45) is 1.96. The molecule has 0 atom stereocenters. The number of hydrogen-bond acceptors (Lipinski definition) is 7. The Morgan fingerprint density at radius 3 is 2.48 bits per heavy atom. The number of carbonyl (C=O) groups is 1. The van der Waals surface area contributed by atoms with Crippen LogP contribution in [0.2, 0.25) is 0 Å². The van der Waals surface area contributed by atoms with E-state index in [1.54, 1.807) is 12.1 Å². The highest BCUT2D eigenvalue weighted by molar-refractivity contribution is 7.86. The Hall–Kier alpha value is -3.17. The Balaban J connectivity index is 2.22. The van der Waals surface area contributed by atoms with Gasteiger partial charge in [0.25, 0.3) is 10.1 Å². The number of nitrogens with zero attached hydrogens (tertiary/aromatic N) is 3. The van der Waals surface area contributed by atoms with Crippen LogP contribution in [0.15, 0.2) is 63.8 Å². The fourth-order valence-electron chi connectivity index (χ4n) is 2.26. The Morgan fingerprint density at radius 1 is 1.04 bits per heavy atom. The molecule has 0 saturated heterocycles. The monoisotopic (exact) mass is 357 g/mol. The molecule has 0 radical (unpaired) electrons. The van der Waals surface area contributed by atoms with E-state index >= 15 is 0 Å². The molecule has 0 spiro atoms. The number of carbonyl (C=O) groups excluding carboxylic acids is 1. The first-order valence-electron chi connectivity index (χ1n) is 6.96. The molecule has 0 bridgehead atoms. The first-order valence-corrected chi connectivity index (χ1v) is 8.40. The molecule has 126 valence electrons. The number of aldehydes is 1. The van der Waals surface area contributed by atoms with Crippen LogP contribution in [0.4, 0.5) is 11.4 Å². The molecule has 0 saturated carbocycles. The van der Waals surface area contributed by atoms with Gasteiger partial charge in [0.1, 0.15) is 16.1 Å². The Bertz CT molecular complexity index is 1110. The molecule has 0 aliphatic rings. The van der Waals surface area contributed by atoms with Gasteiger partial charge in [0.2, 0.25) is 0 Å². The number of pyridine rings is 1. The van der Waals surface area contributed by atoms with E-state index in [1.165, 1.54) is 30.5 Å². The molecular formula is C16H11N3O5S. The van der Waals surface area contributed by atoms with Gasteiger partial charge in [0.05, 0.1) is 5.69 Å². The molecule has 0 amide bonds. The largest absolute Gasteiger partial charge is 0.504 e. The Morgan fingerprint density at radius 2 is 1.76 bits per heavy atom. The van der Waals surface area contributed by atoms with Gasteiger partial charge >= 0.3 is 0 Å². The first-order chi connectivity index (χ1) is 11.9. The lowest BCUT2D eigenvalue weighted by Crippen LogP contribution is -1.99. The first kappa shape index (κ1) is 16.7. The number of phenolic OH excluding ortho intramolecular Hbond substituents is 1. The topological polar surface area (TPSA) is 129 Å². The van der Waals surface area contributed by atoms with Gasteiger partial charge < -0.3 is 5.11 Å². The van der Waals surface area contributed by atoms with Gasteiger partial charge in [-0.2, -0.15) is 8.42 Å². The fraction of sp³-hybridized carbons (Fsp3) is 0. The van der Waals surface area contributed by atoms with Crippen molar-refractivity contribution in [3.63, 3.8) is 0 Å². The average Bonchev–Trinajstić information content (AvgIpc) is 2.60. The number of azo groups is 1. The molecule has 1 heterocycles. The molecule has 0 aliphatic carbocycles. The zero-order valence-electron chi connectivity index (χ0n) is 12.6. The summed E-state index contributed by atoms with van der Waals surface area (Å²) in [4.78, 5) is 14.5. The van der Waals surface area contributed by atoms with Crippen LogP contribution in [0.25, 0.3) is 10.9 Å². The van der Waals surface area contributed by atoms with Crippen molar-refractivity contribution in [1.82, 2.24) is 4.98 Å². The normalized spacial score (nSPS) is 11.9. The highest BCUT2D eigenvalue weighted by atomic mass is 32.2. The SMILES string of the molecule is O=Cc1ccccc1N=Nc1cc(S(=O)(=O)O)c2cccnc2c1O. The number of benzene rings is 2.